The van der Waals surface area contributed by atoms with Gasteiger partial charge in [-0.25, -0.2) is 0 Å². The van der Waals surface area contributed by atoms with Crippen molar-refractivity contribution in [3.63, 3.8) is 0 Å². The standard InChI is InChI=1S/C13H21F3N2O/c14-13(15,16)4-3-11(19)17-9-12(5-6-12)10-18-7-1-2-8-18/h1-10H2,(H,17,19). The Labute approximate surface area is 111 Å². The molecule has 6 heteroatoms. The maximum absolute atomic E-state index is 12.0. The number of likely N-dealkylation sites (tertiary alicyclic amines) is 1. The largest absolute Gasteiger partial charge is 0.389 e. The Morgan fingerprint density at radius 1 is 1.21 bits per heavy atom. The molecule has 1 saturated carbocycles. The first-order valence-electron chi connectivity index (χ1n) is 6.94. The van der Waals surface area contributed by atoms with E-state index in [0.29, 0.717) is 6.54 Å². The number of hydrogen-bond donors (Lipinski definition) is 1. The average Bonchev–Trinajstić information content (AvgIpc) is 2.88. The van der Waals surface area contributed by atoms with Crippen LogP contribution in [0.15, 0.2) is 0 Å². The third kappa shape index (κ3) is 5.01. The zero-order chi connectivity index (χ0) is 13.9. The smallest absolute Gasteiger partial charge is 0.355 e. The van der Waals surface area contributed by atoms with E-state index >= 15 is 0 Å². The van der Waals surface area contributed by atoms with Crippen molar-refractivity contribution in [2.45, 2.75) is 44.7 Å². The highest BCUT2D eigenvalue weighted by Crippen LogP contribution is 2.46. The molecule has 1 saturated heterocycles. The molecule has 1 aliphatic heterocycles. The highest BCUT2D eigenvalue weighted by molar-refractivity contribution is 5.76. The van der Waals surface area contributed by atoms with Gasteiger partial charge in [0.1, 0.15) is 0 Å². The van der Waals surface area contributed by atoms with Crippen molar-refractivity contribution in [1.82, 2.24) is 10.2 Å². The first-order valence-corrected chi connectivity index (χ1v) is 6.94. The molecule has 2 aliphatic rings. The maximum atomic E-state index is 12.0. The minimum absolute atomic E-state index is 0.137. The third-order valence-electron chi connectivity index (χ3n) is 4.01. The summed E-state index contributed by atoms with van der Waals surface area (Å²) in [5, 5.41) is 2.67. The SMILES string of the molecule is O=C(CCC(F)(F)F)NCC1(CN2CCCC2)CC1. The van der Waals surface area contributed by atoms with Gasteiger partial charge < -0.3 is 10.2 Å². The summed E-state index contributed by atoms with van der Waals surface area (Å²) in [6.07, 6.45) is -1.13. The van der Waals surface area contributed by atoms with E-state index in [4.69, 9.17) is 0 Å². The lowest BCUT2D eigenvalue weighted by Crippen LogP contribution is -2.37. The van der Waals surface area contributed by atoms with Crippen molar-refractivity contribution >= 4 is 5.91 Å². The van der Waals surface area contributed by atoms with Gasteiger partial charge >= 0.3 is 6.18 Å². The van der Waals surface area contributed by atoms with Crippen molar-refractivity contribution in [1.29, 1.82) is 0 Å². The van der Waals surface area contributed by atoms with Crippen LogP contribution in [0.2, 0.25) is 0 Å². The van der Waals surface area contributed by atoms with E-state index < -0.39 is 24.9 Å². The van der Waals surface area contributed by atoms with Gasteiger partial charge in [0.25, 0.3) is 0 Å². The van der Waals surface area contributed by atoms with Crippen molar-refractivity contribution in [2.24, 2.45) is 5.41 Å². The van der Waals surface area contributed by atoms with Crippen LogP contribution in [-0.4, -0.2) is 43.2 Å². The summed E-state index contributed by atoms with van der Waals surface area (Å²) in [4.78, 5) is 13.8. The molecule has 2 fully saturated rings. The van der Waals surface area contributed by atoms with E-state index in [1.807, 2.05) is 0 Å². The van der Waals surface area contributed by atoms with Gasteiger partial charge in [0.05, 0.1) is 6.42 Å². The van der Waals surface area contributed by atoms with Crippen molar-refractivity contribution in [3.8, 4) is 0 Å². The lowest BCUT2D eigenvalue weighted by Gasteiger charge is -2.23. The number of rotatable bonds is 6. The highest BCUT2D eigenvalue weighted by Gasteiger charge is 2.44. The fraction of sp³-hybridized carbons (Fsp3) is 0.923. The Morgan fingerprint density at radius 3 is 2.37 bits per heavy atom. The average molecular weight is 278 g/mol. The van der Waals surface area contributed by atoms with E-state index in [1.54, 1.807) is 0 Å². The van der Waals surface area contributed by atoms with E-state index in [1.165, 1.54) is 12.8 Å². The molecule has 0 unspecified atom stereocenters. The van der Waals surface area contributed by atoms with Crippen LogP contribution in [0.4, 0.5) is 13.2 Å². The first kappa shape index (κ1) is 14.6. The Bertz CT molecular complexity index is 320. The normalized spacial score (nSPS) is 22.5. The van der Waals surface area contributed by atoms with Gasteiger partial charge in [0, 0.05) is 24.9 Å². The molecule has 1 N–H and O–H groups in total. The summed E-state index contributed by atoms with van der Waals surface area (Å²) < 4.78 is 36.0. The van der Waals surface area contributed by atoms with Crippen LogP contribution in [-0.2, 0) is 4.79 Å². The summed E-state index contributed by atoms with van der Waals surface area (Å²) in [7, 11) is 0. The van der Waals surface area contributed by atoms with Gasteiger partial charge in [-0.2, -0.15) is 13.2 Å². The van der Waals surface area contributed by atoms with Gasteiger partial charge in [-0.1, -0.05) is 0 Å². The molecule has 110 valence electrons. The molecule has 0 radical (unpaired) electrons. The maximum Gasteiger partial charge on any atom is 0.389 e. The summed E-state index contributed by atoms with van der Waals surface area (Å²) in [5.74, 6) is -0.481. The zero-order valence-electron chi connectivity index (χ0n) is 11.1. The summed E-state index contributed by atoms with van der Waals surface area (Å²) >= 11 is 0. The number of carbonyl (C=O) groups is 1. The van der Waals surface area contributed by atoms with E-state index in [0.717, 1.165) is 32.5 Å². The Morgan fingerprint density at radius 2 is 1.84 bits per heavy atom. The second kappa shape index (κ2) is 5.69. The van der Waals surface area contributed by atoms with Crippen molar-refractivity contribution in [2.75, 3.05) is 26.2 Å². The van der Waals surface area contributed by atoms with Crippen molar-refractivity contribution < 1.29 is 18.0 Å². The number of hydrogen-bond acceptors (Lipinski definition) is 2. The minimum Gasteiger partial charge on any atom is -0.355 e. The number of nitrogens with zero attached hydrogens (tertiary/aromatic N) is 1. The number of amides is 1. The highest BCUT2D eigenvalue weighted by atomic mass is 19.4. The van der Waals surface area contributed by atoms with Crippen LogP contribution in [0.5, 0.6) is 0 Å². The topological polar surface area (TPSA) is 32.3 Å². The Balaban J connectivity index is 1.65. The molecule has 0 atom stereocenters. The van der Waals surface area contributed by atoms with Crippen LogP contribution >= 0.6 is 0 Å². The molecule has 2 rings (SSSR count). The van der Waals surface area contributed by atoms with E-state index in [9.17, 15) is 18.0 Å². The molecule has 19 heavy (non-hydrogen) atoms. The number of alkyl halides is 3. The fourth-order valence-corrected chi connectivity index (χ4v) is 2.61. The number of nitrogens with one attached hydrogen (secondary N) is 1. The van der Waals surface area contributed by atoms with Crippen LogP contribution in [0.3, 0.4) is 0 Å². The second-order valence-electron chi connectivity index (χ2n) is 5.88. The van der Waals surface area contributed by atoms with Gasteiger partial charge in [0.15, 0.2) is 0 Å². The molecular weight excluding hydrogens is 257 g/mol. The molecule has 0 spiro atoms. The first-order chi connectivity index (χ1) is 8.89. The zero-order valence-corrected chi connectivity index (χ0v) is 11.1. The lowest BCUT2D eigenvalue weighted by atomic mass is 10.1. The number of carbonyl (C=O) groups excluding carboxylic acids is 1. The van der Waals surface area contributed by atoms with Gasteiger partial charge in [-0.3, -0.25) is 4.79 Å². The van der Waals surface area contributed by atoms with Gasteiger partial charge in [-0.15, -0.1) is 0 Å². The molecule has 0 aromatic rings. The van der Waals surface area contributed by atoms with Crippen LogP contribution in [0.1, 0.15) is 38.5 Å². The van der Waals surface area contributed by atoms with Gasteiger partial charge in [-0.05, 0) is 38.8 Å². The molecule has 0 aromatic heterocycles. The molecule has 0 aromatic carbocycles. The summed E-state index contributed by atoms with van der Waals surface area (Å²) in [6.45, 7) is 3.74. The van der Waals surface area contributed by atoms with Crippen molar-refractivity contribution in [3.05, 3.63) is 0 Å². The lowest BCUT2D eigenvalue weighted by molar-refractivity contribution is -0.144. The third-order valence-corrected chi connectivity index (χ3v) is 4.01. The van der Waals surface area contributed by atoms with Crippen LogP contribution < -0.4 is 5.32 Å². The molecular formula is C13H21F3N2O. The molecule has 1 aliphatic carbocycles. The van der Waals surface area contributed by atoms with E-state index in [-0.39, 0.29) is 5.41 Å². The summed E-state index contributed by atoms with van der Waals surface area (Å²) in [6, 6.07) is 0. The van der Waals surface area contributed by atoms with Crippen LogP contribution in [0.25, 0.3) is 0 Å². The predicted molar refractivity (Wildman–Crippen MR) is 65.6 cm³/mol. The summed E-state index contributed by atoms with van der Waals surface area (Å²) in [5.41, 5.74) is 0.137. The Kier molecular flexibility index (Phi) is 4.38. The van der Waals surface area contributed by atoms with Gasteiger partial charge in [0.2, 0.25) is 5.91 Å². The molecule has 1 amide bonds. The predicted octanol–water partition coefficient (Wildman–Crippen LogP) is 2.32. The minimum atomic E-state index is -4.25. The molecule has 0 bridgehead atoms. The molecule has 1 heterocycles. The quantitative estimate of drug-likeness (QED) is 0.808. The molecule has 3 nitrogen and oxygen atoms in total. The Hall–Kier alpha value is -0.780. The monoisotopic (exact) mass is 278 g/mol. The van der Waals surface area contributed by atoms with Crippen LogP contribution in [0, 0.1) is 5.41 Å². The van der Waals surface area contributed by atoms with E-state index in [2.05, 4.69) is 10.2 Å². The fourth-order valence-electron chi connectivity index (χ4n) is 2.61. The second-order valence-corrected chi connectivity index (χ2v) is 5.88. The number of halogens is 3.